The van der Waals surface area contributed by atoms with Gasteiger partial charge >= 0.3 is 6.09 Å². The second-order valence-electron chi connectivity index (χ2n) is 4.90. The van der Waals surface area contributed by atoms with Crippen molar-refractivity contribution in [2.45, 2.75) is 38.3 Å². The van der Waals surface area contributed by atoms with Gasteiger partial charge in [0.25, 0.3) is 0 Å². The minimum atomic E-state index is -0.262. The lowest BCUT2D eigenvalue weighted by molar-refractivity contribution is 0.0612. The number of aliphatic hydroxyl groups excluding tert-OH is 1. The number of ether oxygens (including phenoxy) is 1. The van der Waals surface area contributed by atoms with E-state index < -0.39 is 0 Å². The molecule has 1 saturated heterocycles. The minimum Gasteiger partial charge on any atom is -0.445 e. The maximum atomic E-state index is 12.1. The van der Waals surface area contributed by atoms with Gasteiger partial charge in [0.05, 0.1) is 0 Å². The van der Waals surface area contributed by atoms with E-state index in [1.807, 2.05) is 30.3 Å². The smallest absolute Gasteiger partial charge is 0.410 e. The molecule has 0 bridgehead atoms. The summed E-state index contributed by atoms with van der Waals surface area (Å²) in [5, 5.41) is 9.05. The third-order valence-electron chi connectivity index (χ3n) is 3.53. The van der Waals surface area contributed by atoms with Crippen molar-refractivity contribution in [3.63, 3.8) is 0 Å². The Balaban J connectivity index is 1.87. The van der Waals surface area contributed by atoms with Crippen LogP contribution in [-0.4, -0.2) is 35.3 Å². The molecule has 1 aromatic carbocycles. The first-order chi connectivity index (χ1) is 9.31. The first-order valence-corrected chi connectivity index (χ1v) is 6.89. The molecule has 4 nitrogen and oxygen atoms in total. The summed E-state index contributed by atoms with van der Waals surface area (Å²) in [6, 6.07) is 9.80. The summed E-state index contributed by atoms with van der Waals surface area (Å²) in [6.07, 6.45) is 3.47. The Morgan fingerprint density at radius 3 is 2.84 bits per heavy atom. The molecule has 1 amide bonds. The van der Waals surface area contributed by atoms with Gasteiger partial charge in [-0.25, -0.2) is 4.79 Å². The molecule has 4 heteroatoms. The number of carbonyl (C=O) groups excluding carboxylic acids is 1. The predicted molar refractivity (Wildman–Crippen MR) is 72.7 cm³/mol. The number of hydrogen-bond donors (Lipinski definition) is 1. The molecule has 19 heavy (non-hydrogen) atoms. The Kier molecular flexibility index (Phi) is 5.21. The van der Waals surface area contributed by atoms with E-state index in [0.717, 1.165) is 31.4 Å². The number of hydrogen-bond acceptors (Lipinski definition) is 3. The van der Waals surface area contributed by atoms with E-state index in [1.165, 1.54) is 0 Å². The molecule has 0 aliphatic carbocycles. The van der Waals surface area contributed by atoms with Gasteiger partial charge in [-0.3, -0.25) is 0 Å². The fraction of sp³-hybridized carbons (Fsp3) is 0.533. The quantitative estimate of drug-likeness (QED) is 0.908. The molecule has 0 aromatic heterocycles. The average molecular weight is 263 g/mol. The van der Waals surface area contributed by atoms with Crippen LogP contribution in [0.15, 0.2) is 30.3 Å². The van der Waals surface area contributed by atoms with Crippen LogP contribution in [0.4, 0.5) is 4.79 Å². The van der Waals surface area contributed by atoms with Gasteiger partial charge in [-0.1, -0.05) is 30.3 Å². The number of aliphatic hydroxyl groups is 1. The summed E-state index contributed by atoms with van der Waals surface area (Å²) >= 11 is 0. The fourth-order valence-electron chi connectivity index (χ4n) is 2.49. The number of likely N-dealkylation sites (tertiary alicyclic amines) is 1. The van der Waals surface area contributed by atoms with E-state index in [4.69, 9.17) is 9.84 Å². The third kappa shape index (κ3) is 3.96. The summed E-state index contributed by atoms with van der Waals surface area (Å²) in [5.74, 6) is 0. The summed E-state index contributed by atoms with van der Waals surface area (Å²) in [4.78, 5) is 13.8. The zero-order valence-electron chi connectivity index (χ0n) is 11.1. The van der Waals surface area contributed by atoms with Crippen LogP contribution in [0.2, 0.25) is 0 Å². The molecule has 0 spiro atoms. The van der Waals surface area contributed by atoms with Crippen LogP contribution in [-0.2, 0) is 11.3 Å². The Morgan fingerprint density at radius 2 is 2.11 bits per heavy atom. The van der Waals surface area contributed by atoms with E-state index in [2.05, 4.69) is 0 Å². The lowest BCUT2D eigenvalue weighted by Gasteiger charge is -2.34. The van der Waals surface area contributed by atoms with E-state index >= 15 is 0 Å². The lowest BCUT2D eigenvalue weighted by atomic mass is 10.0. The second kappa shape index (κ2) is 7.14. The van der Waals surface area contributed by atoms with Crippen LogP contribution < -0.4 is 0 Å². The van der Waals surface area contributed by atoms with Gasteiger partial charge in [-0.2, -0.15) is 0 Å². The van der Waals surface area contributed by atoms with E-state index in [1.54, 1.807) is 4.90 Å². The number of rotatable bonds is 4. The molecule has 1 N–H and O–H groups in total. The molecule has 1 aliphatic rings. The number of benzene rings is 1. The van der Waals surface area contributed by atoms with Crippen molar-refractivity contribution in [2.24, 2.45) is 0 Å². The second-order valence-corrected chi connectivity index (χ2v) is 4.90. The SMILES string of the molecule is O=C(OCc1ccccc1)N1CCCC[C@H]1CCO. The predicted octanol–water partition coefficient (Wildman–Crippen LogP) is 2.56. The highest BCUT2D eigenvalue weighted by atomic mass is 16.6. The Hall–Kier alpha value is -1.55. The summed E-state index contributed by atoms with van der Waals surface area (Å²) < 4.78 is 5.35. The highest BCUT2D eigenvalue weighted by Gasteiger charge is 2.27. The number of piperidine rings is 1. The van der Waals surface area contributed by atoms with Crippen LogP contribution in [0.3, 0.4) is 0 Å². The molecule has 2 rings (SSSR count). The van der Waals surface area contributed by atoms with Gasteiger partial charge in [-0.15, -0.1) is 0 Å². The highest BCUT2D eigenvalue weighted by Crippen LogP contribution is 2.20. The average Bonchev–Trinajstić information content (AvgIpc) is 2.47. The molecular formula is C15H21NO3. The van der Waals surface area contributed by atoms with Gasteiger partial charge in [-0.05, 0) is 31.2 Å². The van der Waals surface area contributed by atoms with Crippen LogP contribution in [0.5, 0.6) is 0 Å². The zero-order chi connectivity index (χ0) is 13.5. The molecule has 1 aromatic rings. The summed E-state index contributed by atoms with van der Waals surface area (Å²) in [7, 11) is 0. The van der Waals surface area contributed by atoms with E-state index in [9.17, 15) is 4.79 Å². The van der Waals surface area contributed by atoms with Crippen molar-refractivity contribution in [3.05, 3.63) is 35.9 Å². The van der Waals surface area contributed by atoms with Crippen molar-refractivity contribution < 1.29 is 14.6 Å². The zero-order valence-corrected chi connectivity index (χ0v) is 11.1. The molecule has 1 atom stereocenters. The minimum absolute atomic E-state index is 0.118. The Labute approximate surface area is 114 Å². The lowest BCUT2D eigenvalue weighted by Crippen LogP contribution is -2.44. The number of carbonyl (C=O) groups is 1. The number of nitrogens with zero attached hydrogens (tertiary/aromatic N) is 1. The highest BCUT2D eigenvalue weighted by molar-refractivity contribution is 5.68. The van der Waals surface area contributed by atoms with Crippen molar-refractivity contribution in [2.75, 3.05) is 13.2 Å². The summed E-state index contributed by atoms with van der Waals surface area (Å²) in [6.45, 7) is 1.16. The van der Waals surface area contributed by atoms with Crippen molar-refractivity contribution in [1.82, 2.24) is 4.90 Å². The molecule has 1 fully saturated rings. The molecule has 1 heterocycles. The van der Waals surface area contributed by atoms with Gasteiger partial charge in [0.15, 0.2) is 0 Å². The summed E-state index contributed by atoms with van der Waals surface area (Å²) in [5.41, 5.74) is 0.992. The molecule has 0 saturated carbocycles. The fourth-order valence-corrected chi connectivity index (χ4v) is 2.49. The largest absolute Gasteiger partial charge is 0.445 e. The molecule has 0 radical (unpaired) electrons. The van der Waals surface area contributed by atoms with Gasteiger partial charge in [0.1, 0.15) is 6.61 Å². The maximum Gasteiger partial charge on any atom is 0.410 e. The van der Waals surface area contributed by atoms with E-state index in [-0.39, 0.29) is 18.7 Å². The normalized spacial score (nSPS) is 19.2. The third-order valence-corrected chi connectivity index (χ3v) is 3.53. The van der Waals surface area contributed by atoms with Crippen LogP contribution in [0.25, 0.3) is 0 Å². The van der Waals surface area contributed by atoms with Crippen molar-refractivity contribution in [3.8, 4) is 0 Å². The number of amides is 1. The standard InChI is InChI=1S/C15H21NO3/c17-11-9-14-8-4-5-10-16(14)15(18)19-12-13-6-2-1-3-7-13/h1-3,6-7,14,17H,4-5,8-12H2/t14-/m0/s1. The van der Waals surface area contributed by atoms with Crippen LogP contribution >= 0.6 is 0 Å². The Bertz CT molecular complexity index is 392. The van der Waals surface area contributed by atoms with E-state index in [0.29, 0.717) is 13.0 Å². The van der Waals surface area contributed by atoms with Gasteiger partial charge in [0, 0.05) is 19.2 Å². The maximum absolute atomic E-state index is 12.1. The Morgan fingerprint density at radius 1 is 1.32 bits per heavy atom. The van der Waals surface area contributed by atoms with Crippen LogP contribution in [0.1, 0.15) is 31.2 Å². The topological polar surface area (TPSA) is 49.8 Å². The molecule has 104 valence electrons. The monoisotopic (exact) mass is 263 g/mol. The van der Waals surface area contributed by atoms with Crippen molar-refractivity contribution >= 4 is 6.09 Å². The van der Waals surface area contributed by atoms with Gasteiger partial charge < -0.3 is 14.7 Å². The van der Waals surface area contributed by atoms with Crippen molar-refractivity contribution in [1.29, 1.82) is 0 Å². The first kappa shape index (κ1) is 13.9. The molecular weight excluding hydrogens is 242 g/mol. The van der Waals surface area contributed by atoms with Crippen LogP contribution in [0, 0.1) is 0 Å². The van der Waals surface area contributed by atoms with Gasteiger partial charge in [0.2, 0.25) is 0 Å². The molecule has 1 aliphatic heterocycles. The molecule has 0 unspecified atom stereocenters. The first-order valence-electron chi connectivity index (χ1n) is 6.89.